The molecule has 2 aromatic heterocycles. The summed E-state index contributed by atoms with van der Waals surface area (Å²) in [6, 6.07) is 11.0. The fraction of sp³-hybridized carbons (Fsp3) is 0.484. The number of H-pyrrole nitrogens is 1. The number of benzene rings is 2. The molecule has 0 radical (unpaired) electrons. The number of carbonyl (C=O) groups excluding carboxylic acids is 1. The molecule has 2 heterocycles. The molecule has 1 aliphatic rings. The molecule has 12 heteroatoms. The standard InChI is InChI=1S/C31H39N5O5S2/c1-30(2,3)36-43(39,40)24-16-15-22(20-13-9-10-14-21(20)24)25-23(17-19-11-7-6-8-12-19)33-27(42-25)26(37)32-18-31(4,5)28-34-29(38)41-35-28/h9-10,13-16,19,36H,6-8,11-12,17-18H2,1-5H3,(H,32,37)(H,34,35,38). The van der Waals surface area contributed by atoms with Crippen LogP contribution in [0, 0.1) is 5.92 Å². The maximum absolute atomic E-state index is 13.4. The first-order valence-electron chi connectivity index (χ1n) is 14.6. The maximum Gasteiger partial charge on any atom is 0.438 e. The molecule has 1 aliphatic carbocycles. The molecule has 1 fully saturated rings. The van der Waals surface area contributed by atoms with Crippen LogP contribution in [0.3, 0.4) is 0 Å². The maximum atomic E-state index is 13.4. The summed E-state index contributed by atoms with van der Waals surface area (Å²) in [5.74, 6) is -0.141. The molecule has 10 nitrogen and oxygen atoms in total. The summed E-state index contributed by atoms with van der Waals surface area (Å²) in [4.78, 5) is 33.4. The largest absolute Gasteiger partial charge is 0.438 e. The van der Waals surface area contributed by atoms with Crippen molar-refractivity contribution in [2.45, 2.75) is 89.0 Å². The van der Waals surface area contributed by atoms with Crippen molar-refractivity contribution in [2.24, 2.45) is 5.92 Å². The zero-order valence-electron chi connectivity index (χ0n) is 25.2. The van der Waals surface area contributed by atoms with Gasteiger partial charge in [0.25, 0.3) is 5.91 Å². The van der Waals surface area contributed by atoms with Gasteiger partial charge in [0.05, 0.1) is 15.5 Å². The number of carbonyl (C=O) groups is 1. The molecular weight excluding hydrogens is 587 g/mol. The van der Waals surface area contributed by atoms with Crippen molar-refractivity contribution in [1.29, 1.82) is 0 Å². The van der Waals surface area contributed by atoms with Gasteiger partial charge in [0, 0.05) is 28.4 Å². The van der Waals surface area contributed by atoms with Gasteiger partial charge in [-0.2, -0.15) is 0 Å². The van der Waals surface area contributed by atoms with Crippen LogP contribution in [0.25, 0.3) is 21.2 Å². The van der Waals surface area contributed by atoms with Crippen molar-refractivity contribution in [3.8, 4) is 10.4 Å². The van der Waals surface area contributed by atoms with E-state index in [1.807, 2.05) is 65.0 Å². The molecular formula is C31H39N5O5S2. The van der Waals surface area contributed by atoms with Gasteiger partial charge in [-0.25, -0.2) is 22.9 Å². The highest BCUT2D eigenvalue weighted by atomic mass is 32.2. The van der Waals surface area contributed by atoms with Crippen LogP contribution in [-0.2, 0) is 21.9 Å². The van der Waals surface area contributed by atoms with Crippen molar-refractivity contribution < 1.29 is 17.7 Å². The predicted octanol–water partition coefficient (Wildman–Crippen LogP) is 5.55. The van der Waals surface area contributed by atoms with Crippen LogP contribution in [0.4, 0.5) is 0 Å². The lowest BCUT2D eigenvalue weighted by atomic mass is 9.85. The summed E-state index contributed by atoms with van der Waals surface area (Å²) in [5.41, 5.74) is 0.401. The minimum atomic E-state index is -3.79. The van der Waals surface area contributed by atoms with E-state index in [9.17, 15) is 18.0 Å². The van der Waals surface area contributed by atoms with E-state index in [1.165, 1.54) is 30.6 Å². The minimum absolute atomic E-state index is 0.206. The summed E-state index contributed by atoms with van der Waals surface area (Å²) in [6.07, 6.45) is 6.62. The first-order chi connectivity index (χ1) is 20.2. The molecule has 43 heavy (non-hydrogen) atoms. The highest BCUT2D eigenvalue weighted by Gasteiger charge is 2.29. The summed E-state index contributed by atoms with van der Waals surface area (Å²) >= 11 is 1.32. The first-order valence-corrected chi connectivity index (χ1v) is 16.9. The third kappa shape index (κ3) is 7.08. The number of fused-ring (bicyclic) bond motifs is 1. The van der Waals surface area contributed by atoms with Crippen molar-refractivity contribution >= 4 is 38.0 Å². The second-order valence-electron chi connectivity index (χ2n) is 13.0. The van der Waals surface area contributed by atoms with Gasteiger partial charge in [-0.3, -0.25) is 14.3 Å². The number of thiazole rings is 1. The molecule has 0 atom stereocenters. The van der Waals surface area contributed by atoms with E-state index >= 15 is 0 Å². The van der Waals surface area contributed by atoms with Crippen LogP contribution in [0.2, 0.25) is 0 Å². The molecule has 0 aliphatic heterocycles. The zero-order valence-corrected chi connectivity index (χ0v) is 26.9. The number of aromatic amines is 1. The molecule has 2 aromatic carbocycles. The average molecular weight is 626 g/mol. The molecule has 5 rings (SSSR count). The number of aromatic nitrogens is 3. The van der Waals surface area contributed by atoms with Gasteiger partial charge in [0.2, 0.25) is 10.0 Å². The Hall–Kier alpha value is -3.35. The Labute approximate surface area is 255 Å². The monoisotopic (exact) mass is 625 g/mol. The molecule has 0 saturated heterocycles. The van der Waals surface area contributed by atoms with Gasteiger partial charge in [-0.1, -0.05) is 81.4 Å². The predicted molar refractivity (Wildman–Crippen MR) is 168 cm³/mol. The number of amides is 1. The third-order valence-corrected chi connectivity index (χ3v) is 10.7. The third-order valence-electron chi connectivity index (χ3n) is 7.73. The van der Waals surface area contributed by atoms with Crippen LogP contribution >= 0.6 is 11.3 Å². The van der Waals surface area contributed by atoms with Gasteiger partial charge in [-0.15, -0.1) is 11.3 Å². The van der Waals surface area contributed by atoms with E-state index in [1.54, 1.807) is 6.07 Å². The Bertz CT molecular complexity index is 1790. The number of nitrogens with one attached hydrogen (secondary N) is 3. The summed E-state index contributed by atoms with van der Waals surface area (Å²) in [6.45, 7) is 9.34. The summed E-state index contributed by atoms with van der Waals surface area (Å²) in [5, 5.41) is 8.46. The Balaban J connectivity index is 1.53. The van der Waals surface area contributed by atoms with Gasteiger partial charge in [0.1, 0.15) is 0 Å². The SMILES string of the molecule is CC(C)(C)NS(=O)(=O)c1ccc(-c2sc(C(=O)NCC(C)(C)c3noc(=O)[nH]3)nc2CC2CCCCC2)c2ccccc12. The van der Waals surface area contributed by atoms with Crippen molar-refractivity contribution in [1.82, 2.24) is 25.2 Å². The van der Waals surface area contributed by atoms with E-state index in [4.69, 9.17) is 4.98 Å². The molecule has 0 unspecified atom stereocenters. The first kappa shape index (κ1) is 31.1. The van der Waals surface area contributed by atoms with Crippen LogP contribution < -0.4 is 15.8 Å². The van der Waals surface area contributed by atoms with Gasteiger partial charge in [-0.05, 0) is 44.6 Å². The lowest BCUT2D eigenvalue weighted by Crippen LogP contribution is -2.40. The molecule has 3 N–H and O–H groups in total. The molecule has 1 saturated carbocycles. The number of hydrogen-bond donors (Lipinski definition) is 3. The Morgan fingerprint density at radius 2 is 1.74 bits per heavy atom. The molecule has 0 spiro atoms. The summed E-state index contributed by atoms with van der Waals surface area (Å²) in [7, 11) is -3.79. The number of sulfonamides is 1. The Morgan fingerprint density at radius 3 is 2.40 bits per heavy atom. The van der Waals surface area contributed by atoms with E-state index in [2.05, 4.69) is 24.7 Å². The second-order valence-corrected chi connectivity index (χ2v) is 15.7. The van der Waals surface area contributed by atoms with Crippen LogP contribution in [-0.4, -0.2) is 41.5 Å². The van der Waals surface area contributed by atoms with E-state index in [0.29, 0.717) is 22.1 Å². The van der Waals surface area contributed by atoms with E-state index < -0.39 is 26.7 Å². The summed E-state index contributed by atoms with van der Waals surface area (Å²) < 4.78 is 34.2. The van der Waals surface area contributed by atoms with Crippen molar-refractivity contribution in [3.63, 3.8) is 0 Å². The van der Waals surface area contributed by atoms with Gasteiger partial charge < -0.3 is 5.32 Å². The highest BCUT2D eigenvalue weighted by molar-refractivity contribution is 7.89. The average Bonchev–Trinajstić information content (AvgIpc) is 3.57. The number of nitrogens with zero attached hydrogens (tertiary/aromatic N) is 2. The smallest absolute Gasteiger partial charge is 0.349 e. The molecule has 1 amide bonds. The normalized spacial score (nSPS) is 15.2. The molecule has 4 aromatic rings. The van der Waals surface area contributed by atoms with Crippen LogP contribution in [0.5, 0.6) is 0 Å². The Morgan fingerprint density at radius 1 is 1.05 bits per heavy atom. The topological polar surface area (TPSA) is 147 Å². The molecule has 0 bridgehead atoms. The molecule has 230 valence electrons. The lowest BCUT2D eigenvalue weighted by molar-refractivity contribution is 0.0944. The number of rotatable bonds is 9. The van der Waals surface area contributed by atoms with Crippen molar-refractivity contribution in [3.05, 3.63) is 63.5 Å². The highest BCUT2D eigenvalue weighted by Crippen LogP contribution is 2.40. The van der Waals surface area contributed by atoms with E-state index in [0.717, 1.165) is 40.8 Å². The Kier molecular flexibility index (Phi) is 8.65. The van der Waals surface area contributed by atoms with Gasteiger partial charge in [0.15, 0.2) is 10.8 Å². The zero-order chi connectivity index (χ0) is 31.0. The fourth-order valence-electron chi connectivity index (χ4n) is 5.61. The second kappa shape index (κ2) is 12.0. The lowest BCUT2D eigenvalue weighted by Gasteiger charge is -2.22. The minimum Gasteiger partial charge on any atom is -0.349 e. The fourth-order valence-corrected chi connectivity index (χ4v) is 8.29. The van der Waals surface area contributed by atoms with E-state index in [-0.39, 0.29) is 17.3 Å². The quantitative estimate of drug-likeness (QED) is 0.221. The van der Waals surface area contributed by atoms with Gasteiger partial charge >= 0.3 is 5.76 Å². The van der Waals surface area contributed by atoms with Crippen molar-refractivity contribution in [2.75, 3.05) is 6.54 Å². The van der Waals surface area contributed by atoms with Crippen LogP contribution in [0.15, 0.2) is 50.6 Å². The number of hydrogen-bond acceptors (Lipinski definition) is 8. The van der Waals surface area contributed by atoms with Crippen LogP contribution in [0.1, 0.15) is 88.0 Å².